The SMILES string of the molecule is CCOC(=O)c1c(C)[nH]c(C(=O)Nc2ccc(N3CCOCC3)nc2)c1C. The second-order valence-corrected chi connectivity index (χ2v) is 6.30. The van der Waals surface area contributed by atoms with Crippen LogP contribution in [0.1, 0.15) is 39.0 Å². The lowest BCUT2D eigenvalue weighted by atomic mass is 10.1. The fourth-order valence-corrected chi connectivity index (χ4v) is 3.12. The highest BCUT2D eigenvalue weighted by molar-refractivity contribution is 6.06. The highest BCUT2D eigenvalue weighted by Crippen LogP contribution is 2.21. The number of carbonyl (C=O) groups is 2. The summed E-state index contributed by atoms with van der Waals surface area (Å²) in [5, 5.41) is 2.81. The average molecular weight is 372 g/mol. The van der Waals surface area contributed by atoms with Gasteiger partial charge in [0.25, 0.3) is 5.91 Å². The summed E-state index contributed by atoms with van der Waals surface area (Å²) in [6.07, 6.45) is 1.63. The number of ether oxygens (including phenoxy) is 2. The summed E-state index contributed by atoms with van der Waals surface area (Å²) < 4.78 is 10.4. The number of pyridine rings is 1. The van der Waals surface area contributed by atoms with E-state index in [0.29, 0.717) is 41.4 Å². The van der Waals surface area contributed by atoms with E-state index >= 15 is 0 Å². The topological polar surface area (TPSA) is 96.5 Å². The molecule has 0 spiro atoms. The number of carbonyl (C=O) groups excluding carboxylic acids is 2. The molecule has 0 aliphatic carbocycles. The summed E-state index contributed by atoms with van der Waals surface area (Å²) >= 11 is 0. The summed E-state index contributed by atoms with van der Waals surface area (Å²) in [7, 11) is 0. The van der Waals surface area contributed by atoms with Crippen LogP contribution in [-0.4, -0.2) is 54.8 Å². The number of amides is 1. The van der Waals surface area contributed by atoms with Gasteiger partial charge < -0.3 is 24.7 Å². The van der Waals surface area contributed by atoms with Gasteiger partial charge >= 0.3 is 5.97 Å². The number of nitrogens with one attached hydrogen (secondary N) is 2. The van der Waals surface area contributed by atoms with Crippen molar-refractivity contribution in [2.45, 2.75) is 20.8 Å². The van der Waals surface area contributed by atoms with Crippen molar-refractivity contribution in [3.8, 4) is 0 Å². The molecule has 2 aromatic heterocycles. The first-order valence-corrected chi connectivity index (χ1v) is 8.97. The molecule has 144 valence electrons. The Morgan fingerprint density at radius 3 is 2.67 bits per heavy atom. The molecular weight excluding hydrogens is 348 g/mol. The van der Waals surface area contributed by atoms with Gasteiger partial charge in [-0.1, -0.05) is 0 Å². The number of anilines is 2. The molecule has 1 amide bonds. The molecule has 0 bridgehead atoms. The first-order valence-electron chi connectivity index (χ1n) is 8.97. The third kappa shape index (κ3) is 4.11. The summed E-state index contributed by atoms with van der Waals surface area (Å²) in [5.74, 6) is 0.0965. The Morgan fingerprint density at radius 2 is 2.04 bits per heavy atom. The number of aromatic amines is 1. The third-order valence-electron chi connectivity index (χ3n) is 4.48. The Balaban J connectivity index is 1.72. The smallest absolute Gasteiger partial charge is 0.340 e. The van der Waals surface area contributed by atoms with Crippen molar-refractivity contribution in [2.75, 3.05) is 43.1 Å². The molecule has 8 heteroatoms. The number of hydrogen-bond donors (Lipinski definition) is 2. The van der Waals surface area contributed by atoms with Crippen molar-refractivity contribution in [2.24, 2.45) is 0 Å². The molecule has 3 heterocycles. The quantitative estimate of drug-likeness (QED) is 0.782. The maximum absolute atomic E-state index is 12.6. The van der Waals surface area contributed by atoms with Crippen molar-refractivity contribution in [3.05, 3.63) is 40.8 Å². The zero-order valence-corrected chi connectivity index (χ0v) is 15.8. The van der Waals surface area contributed by atoms with Gasteiger partial charge in [-0.05, 0) is 38.5 Å². The average Bonchev–Trinajstić information content (AvgIpc) is 2.97. The number of hydrogen-bond acceptors (Lipinski definition) is 6. The molecule has 1 saturated heterocycles. The van der Waals surface area contributed by atoms with Crippen LogP contribution in [0.4, 0.5) is 11.5 Å². The van der Waals surface area contributed by atoms with E-state index < -0.39 is 5.97 Å². The minimum Gasteiger partial charge on any atom is -0.462 e. The standard InChI is InChI=1S/C19H24N4O4/c1-4-27-19(25)16-12(2)17(21-13(16)3)18(24)22-14-5-6-15(20-11-14)23-7-9-26-10-8-23/h5-6,11,21H,4,7-10H2,1-3H3,(H,22,24). The van der Waals surface area contributed by atoms with Crippen LogP contribution in [-0.2, 0) is 9.47 Å². The number of nitrogens with zero attached hydrogens (tertiary/aromatic N) is 2. The second kappa shape index (κ2) is 8.22. The van der Waals surface area contributed by atoms with Crippen molar-refractivity contribution >= 4 is 23.4 Å². The summed E-state index contributed by atoms with van der Waals surface area (Å²) in [6, 6.07) is 3.69. The van der Waals surface area contributed by atoms with Gasteiger partial charge in [0.2, 0.25) is 0 Å². The summed E-state index contributed by atoms with van der Waals surface area (Å²) in [5.41, 5.74) is 2.51. The molecule has 0 radical (unpaired) electrons. The number of rotatable bonds is 5. The van der Waals surface area contributed by atoms with Gasteiger partial charge in [0.1, 0.15) is 11.5 Å². The van der Waals surface area contributed by atoms with Gasteiger partial charge in [0, 0.05) is 18.8 Å². The molecule has 2 N–H and O–H groups in total. The van der Waals surface area contributed by atoms with Gasteiger partial charge in [-0.25, -0.2) is 9.78 Å². The molecule has 0 unspecified atom stereocenters. The molecule has 0 saturated carbocycles. The number of aromatic nitrogens is 2. The molecule has 27 heavy (non-hydrogen) atoms. The summed E-state index contributed by atoms with van der Waals surface area (Å²) in [4.78, 5) is 34.2. The van der Waals surface area contributed by atoms with Crippen molar-refractivity contribution < 1.29 is 19.1 Å². The maximum Gasteiger partial charge on any atom is 0.340 e. The fraction of sp³-hybridized carbons (Fsp3) is 0.421. The van der Waals surface area contributed by atoms with E-state index in [9.17, 15) is 9.59 Å². The van der Waals surface area contributed by atoms with Crippen molar-refractivity contribution in [1.29, 1.82) is 0 Å². The lowest BCUT2D eigenvalue weighted by Crippen LogP contribution is -2.36. The van der Waals surface area contributed by atoms with Crippen LogP contribution in [0.5, 0.6) is 0 Å². The molecule has 1 aliphatic heterocycles. The van der Waals surface area contributed by atoms with Gasteiger partial charge in [0.05, 0.1) is 37.3 Å². The predicted octanol–water partition coefficient (Wildman–Crippen LogP) is 2.29. The van der Waals surface area contributed by atoms with Crippen LogP contribution in [0.15, 0.2) is 18.3 Å². The molecule has 8 nitrogen and oxygen atoms in total. The van der Waals surface area contributed by atoms with E-state index in [0.717, 1.165) is 18.9 Å². The Kier molecular flexibility index (Phi) is 5.75. The largest absolute Gasteiger partial charge is 0.462 e. The lowest BCUT2D eigenvalue weighted by Gasteiger charge is -2.27. The molecule has 0 atom stereocenters. The van der Waals surface area contributed by atoms with Crippen LogP contribution in [0.3, 0.4) is 0 Å². The van der Waals surface area contributed by atoms with Crippen molar-refractivity contribution in [3.63, 3.8) is 0 Å². The van der Waals surface area contributed by atoms with E-state index in [2.05, 4.69) is 20.2 Å². The highest BCUT2D eigenvalue weighted by atomic mass is 16.5. The molecule has 3 rings (SSSR count). The molecule has 1 fully saturated rings. The first kappa shape index (κ1) is 18.9. The molecule has 2 aromatic rings. The molecular formula is C19H24N4O4. The lowest BCUT2D eigenvalue weighted by molar-refractivity contribution is 0.0525. The zero-order chi connectivity index (χ0) is 19.4. The Morgan fingerprint density at radius 1 is 1.30 bits per heavy atom. The minimum absolute atomic E-state index is 0.283. The molecule has 0 aromatic carbocycles. The fourth-order valence-electron chi connectivity index (χ4n) is 3.12. The number of H-pyrrole nitrogens is 1. The van der Waals surface area contributed by atoms with Crippen molar-refractivity contribution in [1.82, 2.24) is 9.97 Å². The van der Waals surface area contributed by atoms with Crippen LogP contribution >= 0.6 is 0 Å². The van der Waals surface area contributed by atoms with Crippen LogP contribution in [0, 0.1) is 13.8 Å². The second-order valence-electron chi connectivity index (χ2n) is 6.30. The van der Waals surface area contributed by atoms with E-state index in [1.807, 2.05) is 12.1 Å². The number of esters is 1. The zero-order valence-electron chi connectivity index (χ0n) is 15.8. The van der Waals surface area contributed by atoms with E-state index in [1.165, 1.54) is 0 Å². The maximum atomic E-state index is 12.6. The monoisotopic (exact) mass is 372 g/mol. The Bertz CT molecular complexity index is 823. The van der Waals surface area contributed by atoms with Crippen LogP contribution < -0.4 is 10.2 Å². The highest BCUT2D eigenvalue weighted by Gasteiger charge is 2.23. The number of aryl methyl sites for hydroxylation is 1. The van der Waals surface area contributed by atoms with Gasteiger partial charge in [-0.3, -0.25) is 4.79 Å². The normalized spacial score (nSPS) is 14.1. The van der Waals surface area contributed by atoms with Gasteiger partial charge in [-0.15, -0.1) is 0 Å². The Labute approximate surface area is 157 Å². The van der Waals surface area contributed by atoms with Gasteiger partial charge in [0.15, 0.2) is 0 Å². The van der Waals surface area contributed by atoms with E-state index in [4.69, 9.17) is 9.47 Å². The third-order valence-corrected chi connectivity index (χ3v) is 4.48. The van der Waals surface area contributed by atoms with Crippen LogP contribution in [0.2, 0.25) is 0 Å². The summed E-state index contributed by atoms with van der Waals surface area (Å²) in [6.45, 7) is 8.48. The van der Waals surface area contributed by atoms with E-state index in [1.54, 1.807) is 27.0 Å². The van der Waals surface area contributed by atoms with Crippen LogP contribution in [0.25, 0.3) is 0 Å². The minimum atomic E-state index is -0.431. The Hall–Kier alpha value is -2.87. The molecule has 1 aliphatic rings. The van der Waals surface area contributed by atoms with E-state index in [-0.39, 0.29) is 12.5 Å². The first-order chi connectivity index (χ1) is 13.0. The van der Waals surface area contributed by atoms with Gasteiger partial charge in [-0.2, -0.15) is 0 Å². The predicted molar refractivity (Wildman–Crippen MR) is 101 cm³/mol. The number of morpholine rings is 1.